The minimum absolute atomic E-state index is 0.457. The molecule has 0 spiro atoms. The fourth-order valence-corrected chi connectivity index (χ4v) is 30.4. The van der Waals surface area contributed by atoms with Crippen LogP contribution in [0.5, 0.6) is 0 Å². The van der Waals surface area contributed by atoms with Crippen LogP contribution in [0.25, 0.3) is 0 Å². The van der Waals surface area contributed by atoms with Crippen molar-refractivity contribution in [3.63, 3.8) is 0 Å². The molecule has 14 nitrogen and oxygen atoms in total. The third kappa shape index (κ3) is 5.22. The maximum absolute atomic E-state index is 6.64. The predicted octanol–water partition coefficient (Wildman–Crippen LogP) is -1.24. The van der Waals surface area contributed by atoms with Gasteiger partial charge in [0.15, 0.2) is 8.32 Å². The van der Waals surface area contributed by atoms with Crippen LogP contribution in [-0.2, 0) is 58.2 Å². The number of hydrogen-bond acceptors (Lipinski definition) is 14. The predicted molar refractivity (Wildman–Crippen MR) is 113 cm³/mol. The molecule has 0 amide bonds. The first-order valence-electron chi connectivity index (χ1n) is 10.5. The third-order valence-corrected chi connectivity index (χ3v) is 27.5. The van der Waals surface area contributed by atoms with Crippen LogP contribution < -0.4 is 0 Å². The van der Waals surface area contributed by atoms with E-state index in [1.807, 2.05) is 0 Å². The molecular formula is C10H19O14Si9. The molecule has 8 bridgehead atoms. The van der Waals surface area contributed by atoms with E-state index in [9.17, 15) is 0 Å². The molecule has 7 saturated heterocycles. The molecule has 0 aromatic heterocycles. The zero-order valence-electron chi connectivity index (χ0n) is 17.5. The first kappa shape index (κ1) is 23.5. The van der Waals surface area contributed by atoms with Gasteiger partial charge in [0.1, 0.15) is 0 Å². The van der Waals surface area contributed by atoms with Gasteiger partial charge >= 0.3 is 75.7 Å². The van der Waals surface area contributed by atoms with Gasteiger partial charge in [0.2, 0.25) is 0 Å². The summed E-state index contributed by atoms with van der Waals surface area (Å²) < 4.78 is 83.9. The van der Waals surface area contributed by atoms with Crippen molar-refractivity contribution in [1.82, 2.24) is 0 Å². The van der Waals surface area contributed by atoms with Crippen molar-refractivity contribution in [2.45, 2.75) is 57.0 Å². The van der Waals surface area contributed by atoms with E-state index in [4.69, 9.17) is 58.2 Å². The second-order valence-electron chi connectivity index (χ2n) is 8.77. The number of fused-ring (bicyclic) bond motifs is 1. The molecule has 8 fully saturated rings. The Labute approximate surface area is 204 Å². The van der Waals surface area contributed by atoms with Crippen LogP contribution in [0.3, 0.4) is 0 Å². The van der Waals surface area contributed by atoms with Crippen LogP contribution in [0, 0.1) is 5.92 Å². The fourth-order valence-electron chi connectivity index (χ4n) is 4.17. The second-order valence-corrected chi connectivity index (χ2v) is 27.9. The average molecular weight is 616 g/mol. The molecule has 0 N–H and O–H groups in total. The highest BCUT2D eigenvalue weighted by Crippen LogP contribution is 2.42. The Kier molecular flexibility index (Phi) is 6.41. The van der Waals surface area contributed by atoms with Gasteiger partial charge in [-0.2, -0.15) is 0 Å². The number of ether oxygens (including phenoxy) is 1. The molecule has 3 atom stereocenters. The van der Waals surface area contributed by atoms with E-state index < -0.39 is 84.1 Å². The van der Waals surface area contributed by atoms with Crippen molar-refractivity contribution in [1.29, 1.82) is 0 Å². The zero-order valence-corrected chi connectivity index (χ0v) is 26.5. The molecule has 179 valence electrons. The van der Waals surface area contributed by atoms with Crippen LogP contribution in [0.2, 0.25) is 19.1 Å². The number of epoxide rings is 1. The molecule has 7 heterocycles. The maximum Gasteiger partial charge on any atom is 0.646 e. The van der Waals surface area contributed by atoms with Crippen molar-refractivity contribution < 1.29 is 58.2 Å². The van der Waals surface area contributed by atoms with Crippen LogP contribution in [0.1, 0.15) is 25.7 Å². The molecule has 0 aromatic rings. The third-order valence-electron chi connectivity index (χ3n) is 5.79. The highest BCUT2D eigenvalue weighted by molar-refractivity contribution is 6.88. The van der Waals surface area contributed by atoms with Crippen molar-refractivity contribution in [3.05, 3.63) is 0 Å². The summed E-state index contributed by atoms with van der Waals surface area (Å²) in [7, 11) is -22.8. The average Bonchev–Trinajstić information content (AvgIpc) is 3.41. The minimum Gasteiger partial charge on any atom is -0.395 e. The SMILES string of the molecule is C[Si](C)(CCC1CCC2OC2C1)O[Si]12O[Si]3O[Si]4O[Si]5O[Si](O3)O[Si](O[Si](O5)O[Si](O4)O1)O2. The molecule has 8 aliphatic rings. The summed E-state index contributed by atoms with van der Waals surface area (Å²) in [5.41, 5.74) is 0. The van der Waals surface area contributed by atoms with Crippen LogP contribution >= 0.6 is 0 Å². The van der Waals surface area contributed by atoms with Gasteiger partial charge in [-0.05, 0) is 44.3 Å². The zero-order chi connectivity index (χ0) is 22.2. The molecule has 1 saturated carbocycles. The van der Waals surface area contributed by atoms with E-state index in [0.29, 0.717) is 18.1 Å². The van der Waals surface area contributed by atoms with Crippen molar-refractivity contribution in [2.24, 2.45) is 5.92 Å². The lowest BCUT2D eigenvalue weighted by Crippen LogP contribution is -2.74. The van der Waals surface area contributed by atoms with Crippen molar-refractivity contribution in [2.75, 3.05) is 0 Å². The number of hydrogen-bond donors (Lipinski definition) is 0. The van der Waals surface area contributed by atoms with Gasteiger partial charge in [0, 0.05) is 0 Å². The smallest absolute Gasteiger partial charge is 0.395 e. The lowest BCUT2D eigenvalue weighted by molar-refractivity contribution is 0.00599. The Balaban J connectivity index is 1.12. The van der Waals surface area contributed by atoms with Crippen LogP contribution in [0.15, 0.2) is 0 Å². The maximum atomic E-state index is 6.64. The lowest BCUT2D eigenvalue weighted by Gasteiger charge is -2.45. The summed E-state index contributed by atoms with van der Waals surface area (Å²) in [6.45, 7) is 4.25. The van der Waals surface area contributed by atoms with Gasteiger partial charge in [-0.1, -0.05) is 6.42 Å². The first-order chi connectivity index (χ1) is 15.9. The molecular weight excluding hydrogens is 597 g/mol. The molecule has 0 aromatic carbocycles. The Morgan fingerprint density at radius 1 is 0.697 bits per heavy atom. The summed E-state index contributed by atoms with van der Waals surface area (Å²) in [4.78, 5) is 0. The Hall–Kier alpha value is 1.39. The molecule has 33 heavy (non-hydrogen) atoms. The van der Waals surface area contributed by atoms with E-state index in [1.54, 1.807) is 0 Å². The van der Waals surface area contributed by atoms with Gasteiger partial charge in [-0.3, -0.25) is 0 Å². The van der Waals surface area contributed by atoms with Gasteiger partial charge in [0.05, 0.1) is 12.2 Å². The van der Waals surface area contributed by atoms with E-state index in [-0.39, 0.29) is 0 Å². The standard InChI is InChI=1S/C10H19O14Si9/c1-32(2,6-5-8-3-4-9-10(7-8)11-9)24-33-21-29-15-26-12-25-13-27(17-29)19-31(23-33)20-28(14-25)18-30(16-26)22-33/h8-10H,3-7H2,1-2H3. The van der Waals surface area contributed by atoms with E-state index in [2.05, 4.69) is 13.1 Å². The summed E-state index contributed by atoms with van der Waals surface area (Å²) in [5, 5.41) is 0. The summed E-state index contributed by atoms with van der Waals surface area (Å²) >= 11 is 0. The van der Waals surface area contributed by atoms with E-state index in [1.165, 1.54) is 6.42 Å². The normalized spacial score (nSPS) is 38.5. The fraction of sp³-hybridized carbons (Fsp3) is 1.00. The monoisotopic (exact) mass is 615 g/mol. The quantitative estimate of drug-likeness (QED) is 0.270. The second kappa shape index (κ2) is 9.00. The molecule has 7 aliphatic heterocycles. The summed E-state index contributed by atoms with van der Waals surface area (Å²) in [5.74, 6) is 0.641. The molecule has 1 aliphatic carbocycles. The van der Waals surface area contributed by atoms with Crippen molar-refractivity contribution >= 4 is 84.1 Å². The van der Waals surface area contributed by atoms with Crippen LogP contribution in [-0.4, -0.2) is 96.3 Å². The Morgan fingerprint density at radius 2 is 1.18 bits per heavy atom. The molecule has 3 unspecified atom stereocenters. The first-order valence-corrected chi connectivity index (χ1v) is 23.8. The lowest BCUT2D eigenvalue weighted by atomic mass is 9.88. The van der Waals surface area contributed by atoms with Gasteiger partial charge in [-0.25, -0.2) is 0 Å². The Morgan fingerprint density at radius 3 is 1.67 bits per heavy atom. The minimum atomic E-state index is -3.87. The summed E-state index contributed by atoms with van der Waals surface area (Å²) in [6, 6.07) is 0.914. The highest BCUT2D eigenvalue weighted by Gasteiger charge is 2.68. The van der Waals surface area contributed by atoms with E-state index >= 15 is 0 Å². The van der Waals surface area contributed by atoms with Gasteiger partial charge in [0.25, 0.3) is 0 Å². The molecule has 8 rings (SSSR count). The highest BCUT2D eigenvalue weighted by atomic mass is 28.6. The topological polar surface area (TPSA) is 133 Å². The van der Waals surface area contributed by atoms with Crippen molar-refractivity contribution in [3.8, 4) is 0 Å². The molecule has 7 radical (unpaired) electrons. The van der Waals surface area contributed by atoms with Crippen LogP contribution in [0.4, 0.5) is 0 Å². The largest absolute Gasteiger partial charge is 0.646 e. The summed E-state index contributed by atoms with van der Waals surface area (Å²) in [6.07, 6.45) is 5.49. The number of rotatable bonds is 5. The molecule has 23 heteroatoms. The Bertz CT molecular complexity index is 691. The van der Waals surface area contributed by atoms with E-state index in [0.717, 1.165) is 25.3 Å². The van der Waals surface area contributed by atoms with Gasteiger partial charge < -0.3 is 58.2 Å². The van der Waals surface area contributed by atoms with Gasteiger partial charge in [-0.15, -0.1) is 0 Å².